The Hall–Kier alpha value is -1.86. The molecule has 2 aromatic carbocycles. The highest BCUT2D eigenvalue weighted by Gasteiger charge is 2.21. The van der Waals surface area contributed by atoms with Gasteiger partial charge in [-0.1, -0.05) is 80.8 Å². The van der Waals surface area contributed by atoms with E-state index >= 15 is 0 Å². The van der Waals surface area contributed by atoms with Crippen LogP contribution in [0.2, 0.25) is 0 Å². The van der Waals surface area contributed by atoms with Crippen molar-refractivity contribution in [3.05, 3.63) is 72.3 Å². The highest BCUT2D eigenvalue weighted by atomic mass is 16.5. The van der Waals surface area contributed by atoms with Gasteiger partial charge in [-0.25, -0.2) is 0 Å². The minimum Gasteiger partial charge on any atom is -0.373 e. The first kappa shape index (κ1) is 19.9. The van der Waals surface area contributed by atoms with Gasteiger partial charge in [0, 0.05) is 0 Å². The van der Waals surface area contributed by atoms with Gasteiger partial charge in [-0.3, -0.25) is 0 Å². The normalized spacial score (nSPS) is 19.7. The topological polar surface area (TPSA) is 9.23 Å². The number of hydrogen-bond donors (Lipinski definition) is 0. The van der Waals surface area contributed by atoms with Gasteiger partial charge >= 0.3 is 0 Å². The van der Waals surface area contributed by atoms with Crippen molar-refractivity contribution in [2.75, 3.05) is 6.61 Å². The number of unbranched alkanes of at least 4 members (excludes halogenated alkanes) is 1. The Balaban J connectivity index is 1.55. The Kier molecular flexibility index (Phi) is 7.71. The van der Waals surface area contributed by atoms with Crippen LogP contribution >= 0.6 is 0 Å². The summed E-state index contributed by atoms with van der Waals surface area (Å²) in [5, 5.41) is 0. The Morgan fingerprint density at radius 1 is 0.926 bits per heavy atom. The van der Waals surface area contributed by atoms with Gasteiger partial charge in [0.1, 0.15) is 0 Å². The van der Waals surface area contributed by atoms with Crippen molar-refractivity contribution < 1.29 is 4.74 Å². The van der Waals surface area contributed by atoms with E-state index in [-0.39, 0.29) is 0 Å². The van der Waals surface area contributed by atoms with E-state index in [9.17, 15) is 0 Å². The summed E-state index contributed by atoms with van der Waals surface area (Å²) in [6.07, 6.45) is 11.5. The van der Waals surface area contributed by atoms with E-state index < -0.39 is 0 Å². The van der Waals surface area contributed by atoms with Gasteiger partial charge in [-0.05, 0) is 59.8 Å². The van der Waals surface area contributed by atoms with Gasteiger partial charge in [-0.2, -0.15) is 0 Å². The smallest absolute Gasteiger partial charge is 0.0721 e. The van der Waals surface area contributed by atoms with Crippen molar-refractivity contribution in [1.82, 2.24) is 0 Å². The molecule has 1 aliphatic rings. The van der Waals surface area contributed by atoms with E-state index in [1.165, 1.54) is 67.2 Å². The van der Waals surface area contributed by atoms with Gasteiger partial charge in [0.05, 0.1) is 13.2 Å². The highest BCUT2D eigenvalue weighted by molar-refractivity contribution is 5.64. The van der Waals surface area contributed by atoms with Crippen molar-refractivity contribution in [1.29, 1.82) is 0 Å². The first-order valence-electron chi connectivity index (χ1n) is 10.7. The van der Waals surface area contributed by atoms with Crippen molar-refractivity contribution in [3.63, 3.8) is 0 Å². The summed E-state index contributed by atoms with van der Waals surface area (Å²) in [7, 11) is 0. The molecule has 0 aliphatic heterocycles. The number of hydrogen-bond acceptors (Lipinski definition) is 1. The first-order valence-corrected chi connectivity index (χ1v) is 10.7. The molecule has 1 aliphatic carbocycles. The van der Waals surface area contributed by atoms with Crippen molar-refractivity contribution in [3.8, 4) is 11.1 Å². The quantitative estimate of drug-likeness (QED) is 0.331. The van der Waals surface area contributed by atoms with Crippen LogP contribution in [-0.2, 0) is 11.3 Å². The third-order valence-corrected chi connectivity index (χ3v) is 5.99. The molecule has 0 bridgehead atoms. The molecule has 0 heterocycles. The van der Waals surface area contributed by atoms with Crippen molar-refractivity contribution in [2.24, 2.45) is 5.92 Å². The first-order chi connectivity index (χ1) is 13.3. The second-order valence-corrected chi connectivity index (χ2v) is 7.98. The molecule has 3 rings (SSSR count). The largest absolute Gasteiger partial charge is 0.373 e. The summed E-state index contributed by atoms with van der Waals surface area (Å²) < 4.78 is 5.51. The molecule has 0 N–H and O–H groups in total. The standard InChI is InChI=1S/C26H34O/c1-3-5-6-21-7-11-23(12-8-21)25-15-17-26(18-16-25)24-13-9-22(10-14-24)20-27-19-4-2/h4,9-10,13-18,21,23H,2-3,5-8,11-12,19-20H2,1H3. The molecule has 1 nitrogen and oxygen atoms in total. The van der Waals surface area contributed by atoms with Gasteiger partial charge in [0.25, 0.3) is 0 Å². The molecule has 1 saturated carbocycles. The van der Waals surface area contributed by atoms with Gasteiger partial charge in [-0.15, -0.1) is 6.58 Å². The Labute approximate surface area is 165 Å². The van der Waals surface area contributed by atoms with E-state index in [0.717, 1.165) is 11.8 Å². The van der Waals surface area contributed by atoms with E-state index in [4.69, 9.17) is 4.74 Å². The molecule has 0 aromatic heterocycles. The van der Waals surface area contributed by atoms with Crippen LogP contribution in [0.1, 0.15) is 68.9 Å². The zero-order valence-electron chi connectivity index (χ0n) is 16.8. The lowest BCUT2D eigenvalue weighted by atomic mass is 9.77. The predicted octanol–water partition coefficient (Wildman–Crippen LogP) is 7.52. The summed E-state index contributed by atoms with van der Waals surface area (Å²) in [5.41, 5.74) is 5.31. The second-order valence-electron chi connectivity index (χ2n) is 7.98. The zero-order valence-corrected chi connectivity index (χ0v) is 16.8. The third-order valence-electron chi connectivity index (χ3n) is 5.99. The van der Waals surface area contributed by atoms with Crippen LogP contribution < -0.4 is 0 Å². The predicted molar refractivity (Wildman–Crippen MR) is 116 cm³/mol. The minimum absolute atomic E-state index is 0.601. The van der Waals surface area contributed by atoms with Crippen LogP contribution in [0, 0.1) is 5.92 Å². The number of benzene rings is 2. The maximum atomic E-state index is 5.51. The number of ether oxygens (including phenoxy) is 1. The lowest BCUT2D eigenvalue weighted by Gasteiger charge is -2.29. The van der Waals surface area contributed by atoms with Gasteiger partial charge in [0.2, 0.25) is 0 Å². The van der Waals surface area contributed by atoms with E-state index in [2.05, 4.69) is 62.0 Å². The summed E-state index contributed by atoms with van der Waals surface area (Å²) in [4.78, 5) is 0. The maximum absolute atomic E-state index is 5.51. The highest BCUT2D eigenvalue weighted by Crippen LogP contribution is 2.38. The fourth-order valence-corrected chi connectivity index (χ4v) is 4.28. The molecule has 0 amide bonds. The summed E-state index contributed by atoms with van der Waals surface area (Å²) in [6, 6.07) is 18.0. The van der Waals surface area contributed by atoms with E-state index in [1.807, 2.05) is 0 Å². The molecule has 1 fully saturated rings. The van der Waals surface area contributed by atoms with Crippen molar-refractivity contribution in [2.45, 2.75) is 64.4 Å². The van der Waals surface area contributed by atoms with Crippen LogP contribution in [0.25, 0.3) is 11.1 Å². The van der Waals surface area contributed by atoms with Crippen molar-refractivity contribution >= 4 is 0 Å². The third kappa shape index (κ3) is 5.81. The zero-order chi connectivity index (χ0) is 18.9. The maximum Gasteiger partial charge on any atom is 0.0721 e. The fraction of sp³-hybridized carbons (Fsp3) is 0.462. The van der Waals surface area contributed by atoms with Gasteiger partial charge in [0.15, 0.2) is 0 Å². The average molecular weight is 363 g/mol. The van der Waals surface area contributed by atoms with Gasteiger partial charge < -0.3 is 4.74 Å². The molecule has 1 heteroatoms. The van der Waals surface area contributed by atoms with E-state index in [0.29, 0.717) is 13.2 Å². The van der Waals surface area contributed by atoms with Crippen LogP contribution in [0.15, 0.2) is 61.2 Å². The van der Waals surface area contributed by atoms with Crippen LogP contribution in [0.5, 0.6) is 0 Å². The summed E-state index contributed by atoms with van der Waals surface area (Å²) in [5.74, 6) is 1.75. The Morgan fingerprint density at radius 3 is 2.15 bits per heavy atom. The Bertz CT molecular complexity index is 675. The van der Waals surface area contributed by atoms with Crippen LogP contribution in [-0.4, -0.2) is 6.61 Å². The lowest BCUT2D eigenvalue weighted by molar-refractivity contribution is 0.149. The summed E-state index contributed by atoms with van der Waals surface area (Å²) >= 11 is 0. The summed E-state index contributed by atoms with van der Waals surface area (Å²) in [6.45, 7) is 7.23. The molecular formula is C26H34O. The number of rotatable bonds is 9. The van der Waals surface area contributed by atoms with Crippen LogP contribution in [0.3, 0.4) is 0 Å². The molecule has 27 heavy (non-hydrogen) atoms. The molecular weight excluding hydrogens is 328 g/mol. The average Bonchev–Trinajstić information content (AvgIpc) is 2.73. The molecule has 0 radical (unpaired) electrons. The molecule has 0 unspecified atom stereocenters. The fourth-order valence-electron chi connectivity index (χ4n) is 4.28. The SMILES string of the molecule is C=CCOCc1ccc(-c2ccc(C3CCC(CCCC)CC3)cc2)cc1. The van der Waals surface area contributed by atoms with Crippen LogP contribution in [0.4, 0.5) is 0 Å². The molecule has 2 aromatic rings. The molecule has 0 spiro atoms. The Morgan fingerprint density at radius 2 is 1.56 bits per heavy atom. The second kappa shape index (κ2) is 10.5. The monoisotopic (exact) mass is 362 g/mol. The molecule has 0 atom stereocenters. The van der Waals surface area contributed by atoms with E-state index in [1.54, 1.807) is 6.08 Å². The molecule has 0 saturated heterocycles. The minimum atomic E-state index is 0.601. The molecule has 144 valence electrons. The lowest BCUT2D eigenvalue weighted by Crippen LogP contribution is -2.13.